The minimum atomic E-state index is 0. The van der Waals surface area contributed by atoms with Gasteiger partial charge in [0.25, 0.3) is 0 Å². The number of rotatable bonds is 4. The van der Waals surface area contributed by atoms with Gasteiger partial charge in [-0.1, -0.05) is 29.3 Å². The Morgan fingerprint density at radius 1 is 1.35 bits per heavy atom. The lowest BCUT2D eigenvalue weighted by Crippen LogP contribution is -2.43. The molecule has 1 saturated heterocycles. The van der Waals surface area contributed by atoms with Gasteiger partial charge in [-0.15, -0.1) is 24.0 Å². The molecule has 0 saturated carbocycles. The lowest BCUT2D eigenvalue weighted by molar-refractivity contribution is 0.210. The lowest BCUT2D eigenvalue weighted by Gasteiger charge is -2.30. The van der Waals surface area contributed by atoms with Crippen LogP contribution in [0.3, 0.4) is 0 Å². The third kappa shape index (κ3) is 7.03. The quantitative estimate of drug-likeness (QED) is 0.401. The fraction of sp³-hybridized carbons (Fsp3) is 0.562. The number of halogens is 3. The second-order valence-electron chi connectivity index (χ2n) is 5.81. The SMILES string of the molecule is CN=C(NCc1ccc(Cl)cc1Cl)NCC1CCCN(C)C1.I. The first-order valence-corrected chi connectivity index (χ1v) is 8.41. The van der Waals surface area contributed by atoms with E-state index < -0.39 is 0 Å². The average Bonchev–Trinajstić information content (AvgIpc) is 2.49. The van der Waals surface area contributed by atoms with Gasteiger partial charge in [0.2, 0.25) is 0 Å². The van der Waals surface area contributed by atoms with Crippen LogP contribution in [0.2, 0.25) is 10.0 Å². The van der Waals surface area contributed by atoms with Crippen LogP contribution >= 0.6 is 47.2 Å². The van der Waals surface area contributed by atoms with Gasteiger partial charge in [0.05, 0.1) is 0 Å². The maximum atomic E-state index is 6.18. The zero-order chi connectivity index (χ0) is 15.9. The van der Waals surface area contributed by atoms with E-state index in [9.17, 15) is 0 Å². The van der Waals surface area contributed by atoms with Crippen molar-refractivity contribution >= 4 is 53.1 Å². The van der Waals surface area contributed by atoms with Crippen LogP contribution in [-0.4, -0.2) is 44.6 Å². The van der Waals surface area contributed by atoms with Crippen LogP contribution in [0.15, 0.2) is 23.2 Å². The second kappa shape index (κ2) is 10.6. The van der Waals surface area contributed by atoms with E-state index in [0.29, 0.717) is 22.5 Å². The molecule has 0 amide bonds. The van der Waals surface area contributed by atoms with Gasteiger partial charge in [-0.05, 0) is 50.0 Å². The highest BCUT2D eigenvalue weighted by atomic mass is 127. The van der Waals surface area contributed by atoms with Gasteiger partial charge >= 0.3 is 0 Å². The Labute approximate surface area is 166 Å². The Bertz CT molecular complexity index is 525. The summed E-state index contributed by atoms with van der Waals surface area (Å²) in [5, 5.41) is 8.02. The molecule has 1 fully saturated rings. The summed E-state index contributed by atoms with van der Waals surface area (Å²) in [6, 6.07) is 5.54. The highest BCUT2D eigenvalue weighted by Gasteiger charge is 2.17. The Morgan fingerprint density at radius 3 is 2.78 bits per heavy atom. The van der Waals surface area contributed by atoms with Crippen molar-refractivity contribution in [3.05, 3.63) is 33.8 Å². The summed E-state index contributed by atoms with van der Waals surface area (Å²) in [6.45, 7) is 3.92. The van der Waals surface area contributed by atoms with Crippen LogP contribution in [0.1, 0.15) is 18.4 Å². The van der Waals surface area contributed by atoms with Gasteiger partial charge in [0, 0.05) is 36.7 Å². The largest absolute Gasteiger partial charge is 0.356 e. The van der Waals surface area contributed by atoms with E-state index in [2.05, 4.69) is 27.6 Å². The zero-order valence-corrected chi connectivity index (χ0v) is 17.5. The molecule has 4 nitrogen and oxygen atoms in total. The van der Waals surface area contributed by atoms with Crippen molar-refractivity contribution < 1.29 is 0 Å². The molecule has 0 bridgehead atoms. The maximum Gasteiger partial charge on any atom is 0.191 e. The Morgan fingerprint density at radius 2 is 2.13 bits per heavy atom. The summed E-state index contributed by atoms with van der Waals surface area (Å²) in [6.07, 6.45) is 2.55. The van der Waals surface area contributed by atoms with Crippen LogP contribution in [0, 0.1) is 5.92 Å². The third-order valence-corrected chi connectivity index (χ3v) is 4.55. The molecule has 0 aromatic heterocycles. The van der Waals surface area contributed by atoms with Gasteiger partial charge in [-0.2, -0.15) is 0 Å². The number of benzene rings is 1. The van der Waals surface area contributed by atoms with Crippen molar-refractivity contribution in [3.63, 3.8) is 0 Å². The first kappa shape index (κ1) is 20.8. The summed E-state index contributed by atoms with van der Waals surface area (Å²) in [7, 11) is 3.97. The lowest BCUT2D eigenvalue weighted by atomic mass is 9.99. The number of guanidine groups is 1. The molecule has 1 aliphatic rings. The Balaban J connectivity index is 0.00000264. The molecule has 1 aromatic rings. The molecular weight excluding hydrogens is 446 g/mol. The van der Waals surface area contributed by atoms with E-state index in [-0.39, 0.29) is 24.0 Å². The predicted molar refractivity (Wildman–Crippen MR) is 110 cm³/mol. The summed E-state index contributed by atoms with van der Waals surface area (Å²) in [4.78, 5) is 6.65. The van der Waals surface area contributed by atoms with Crippen LogP contribution in [-0.2, 0) is 6.54 Å². The first-order chi connectivity index (χ1) is 10.6. The van der Waals surface area contributed by atoms with Crippen molar-refractivity contribution in [2.45, 2.75) is 19.4 Å². The van der Waals surface area contributed by atoms with Crippen molar-refractivity contribution in [2.24, 2.45) is 10.9 Å². The van der Waals surface area contributed by atoms with E-state index in [1.54, 1.807) is 13.1 Å². The van der Waals surface area contributed by atoms with Crippen molar-refractivity contribution in [2.75, 3.05) is 33.7 Å². The number of aliphatic imine (C=N–C) groups is 1. The van der Waals surface area contributed by atoms with Crippen molar-refractivity contribution in [1.82, 2.24) is 15.5 Å². The standard InChI is InChI=1S/C16H24Cl2N4.HI/c1-19-16(20-9-12-4-3-7-22(2)11-12)21-10-13-5-6-14(17)8-15(13)18;/h5-6,8,12H,3-4,7,9-11H2,1-2H3,(H2,19,20,21);1H. The van der Waals surface area contributed by atoms with Gasteiger partial charge in [0.1, 0.15) is 0 Å². The van der Waals surface area contributed by atoms with Crippen LogP contribution in [0.4, 0.5) is 0 Å². The molecule has 1 unspecified atom stereocenters. The Hall–Kier alpha value is -0.240. The molecular formula is C16H25Cl2IN4. The maximum absolute atomic E-state index is 6.18. The molecule has 1 heterocycles. The molecule has 2 N–H and O–H groups in total. The summed E-state index contributed by atoms with van der Waals surface area (Å²) in [5.41, 5.74) is 1.01. The fourth-order valence-electron chi connectivity index (χ4n) is 2.75. The van der Waals surface area contributed by atoms with Gasteiger partial charge in [-0.25, -0.2) is 0 Å². The van der Waals surface area contributed by atoms with Crippen LogP contribution < -0.4 is 10.6 Å². The molecule has 7 heteroatoms. The topological polar surface area (TPSA) is 39.7 Å². The Kier molecular flexibility index (Phi) is 9.58. The number of hydrogen-bond donors (Lipinski definition) is 2. The van der Waals surface area contributed by atoms with Crippen molar-refractivity contribution in [1.29, 1.82) is 0 Å². The molecule has 1 aliphatic heterocycles. The number of nitrogens with one attached hydrogen (secondary N) is 2. The molecule has 1 aromatic carbocycles. The van der Waals surface area contributed by atoms with E-state index in [1.807, 2.05) is 12.1 Å². The van der Waals surface area contributed by atoms with E-state index >= 15 is 0 Å². The summed E-state index contributed by atoms with van der Waals surface area (Å²) >= 11 is 12.1. The minimum Gasteiger partial charge on any atom is -0.356 e. The number of nitrogens with zero attached hydrogens (tertiary/aromatic N) is 2. The normalized spacial score (nSPS) is 19.1. The molecule has 0 spiro atoms. The average molecular weight is 471 g/mol. The molecule has 0 aliphatic carbocycles. The zero-order valence-electron chi connectivity index (χ0n) is 13.6. The fourth-order valence-corrected chi connectivity index (χ4v) is 3.22. The van der Waals surface area contributed by atoms with Crippen molar-refractivity contribution in [3.8, 4) is 0 Å². The van der Waals surface area contributed by atoms with E-state index in [0.717, 1.165) is 24.6 Å². The molecule has 23 heavy (non-hydrogen) atoms. The monoisotopic (exact) mass is 470 g/mol. The molecule has 130 valence electrons. The highest BCUT2D eigenvalue weighted by molar-refractivity contribution is 14.0. The number of hydrogen-bond acceptors (Lipinski definition) is 2. The molecule has 0 radical (unpaired) electrons. The summed E-state index contributed by atoms with van der Waals surface area (Å²) in [5.74, 6) is 1.48. The smallest absolute Gasteiger partial charge is 0.191 e. The first-order valence-electron chi connectivity index (χ1n) is 7.65. The van der Waals surface area contributed by atoms with Gasteiger partial charge < -0.3 is 15.5 Å². The van der Waals surface area contributed by atoms with Gasteiger partial charge in [0.15, 0.2) is 5.96 Å². The highest BCUT2D eigenvalue weighted by Crippen LogP contribution is 2.20. The second-order valence-corrected chi connectivity index (χ2v) is 6.66. The minimum absolute atomic E-state index is 0. The third-order valence-electron chi connectivity index (χ3n) is 3.97. The number of piperidine rings is 1. The number of likely N-dealkylation sites (tertiary alicyclic amines) is 1. The van der Waals surface area contributed by atoms with Crippen LogP contribution in [0.25, 0.3) is 0 Å². The molecule has 1 atom stereocenters. The summed E-state index contributed by atoms with van der Waals surface area (Å²) < 4.78 is 0. The van der Waals surface area contributed by atoms with Gasteiger partial charge in [-0.3, -0.25) is 4.99 Å². The molecule has 2 rings (SSSR count). The van der Waals surface area contributed by atoms with E-state index in [1.165, 1.54) is 19.4 Å². The van der Waals surface area contributed by atoms with E-state index in [4.69, 9.17) is 23.2 Å². The van der Waals surface area contributed by atoms with Crippen LogP contribution in [0.5, 0.6) is 0 Å². The predicted octanol–water partition coefficient (Wildman–Crippen LogP) is 3.62.